The lowest BCUT2D eigenvalue weighted by molar-refractivity contribution is -0.146. The number of carbonyl (C=O) groups is 2. The normalized spacial score (nSPS) is 33.7. The summed E-state index contributed by atoms with van der Waals surface area (Å²) in [6.07, 6.45) is 1.83. The fourth-order valence-electron chi connectivity index (χ4n) is 2.10. The highest BCUT2D eigenvalue weighted by molar-refractivity contribution is 5.90. The summed E-state index contributed by atoms with van der Waals surface area (Å²) in [5.41, 5.74) is 0. The minimum Gasteiger partial charge on any atom is -0.339 e. The van der Waals surface area contributed by atoms with Gasteiger partial charge in [-0.1, -0.05) is 0 Å². The molecule has 0 aromatic heterocycles. The molecule has 1 saturated carbocycles. The molecule has 2 aliphatic heterocycles. The van der Waals surface area contributed by atoms with E-state index in [1.807, 2.05) is 9.80 Å². The van der Waals surface area contributed by atoms with E-state index >= 15 is 0 Å². The monoisotopic (exact) mass is 194 g/mol. The van der Waals surface area contributed by atoms with Gasteiger partial charge in [-0.2, -0.15) is 0 Å². The molecule has 4 heteroatoms. The van der Waals surface area contributed by atoms with Crippen molar-refractivity contribution < 1.29 is 9.59 Å². The van der Waals surface area contributed by atoms with Crippen LogP contribution in [0, 0.1) is 11.8 Å². The Morgan fingerprint density at radius 3 is 1.36 bits per heavy atom. The first-order valence-corrected chi connectivity index (χ1v) is 5.35. The van der Waals surface area contributed by atoms with Gasteiger partial charge in [0.05, 0.1) is 0 Å². The van der Waals surface area contributed by atoms with E-state index in [1.165, 1.54) is 0 Å². The number of nitrogens with zero attached hydrogens (tertiary/aromatic N) is 2. The second-order valence-corrected chi connectivity index (χ2v) is 4.44. The average Bonchev–Trinajstić information content (AvgIpc) is 2.97. The first-order chi connectivity index (χ1) is 6.77. The van der Waals surface area contributed by atoms with E-state index in [0.717, 1.165) is 39.0 Å². The van der Waals surface area contributed by atoms with Crippen molar-refractivity contribution in [2.45, 2.75) is 12.8 Å². The molecule has 1 aliphatic carbocycles. The Kier molecular flexibility index (Phi) is 1.60. The summed E-state index contributed by atoms with van der Waals surface area (Å²) < 4.78 is 0. The van der Waals surface area contributed by atoms with Gasteiger partial charge < -0.3 is 9.80 Å². The Bertz CT molecular complexity index is 264. The van der Waals surface area contributed by atoms with Crippen molar-refractivity contribution in [2.24, 2.45) is 11.8 Å². The molecule has 0 radical (unpaired) electrons. The van der Waals surface area contributed by atoms with E-state index in [4.69, 9.17) is 0 Å². The van der Waals surface area contributed by atoms with Crippen LogP contribution in [-0.4, -0.2) is 47.8 Å². The first kappa shape index (κ1) is 8.26. The fraction of sp³-hybridized carbons (Fsp3) is 0.800. The van der Waals surface area contributed by atoms with Gasteiger partial charge in [0.2, 0.25) is 11.8 Å². The number of rotatable bonds is 2. The predicted octanol–water partition coefficient (Wildman–Crippen LogP) is -0.303. The van der Waals surface area contributed by atoms with Crippen LogP contribution in [0.2, 0.25) is 0 Å². The SMILES string of the molecule is O=C(C1CCC1C(=O)N1CC1)N1CC1. The molecule has 2 unspecified atom stereocenters. The molecule has 2 atom stereocenters. The van der Waals surface area contributed by atoms with Crippen molar-refractivity contribution in [2.75, 3.05) is 26.2 Å². The molecule has 0 aromatic carbocycles. The summed E-state index contributed by atoms with van der Waals surface area (Å²) in [7, 11) is 0. The van der Waals surface area contributed by atoms with Crippen molar-refractivity contribution in [3.63, 3.8) is 0 Å². The Hall–Kier alpha value is -1.06. The average molecular weight is 194 g/mol. The third-order valence-electron chi connectivity index (χ3n) is 3.43. The van der Waals surface area contributed by atoms with Crippen LogP contribution in [0.15, 0.2) is 0 Å². The minimum absolute atomic E-state index is 0.0191. The van der Waals surface area contributed by atoms with Crippen LogP contribution in [0.3, 0.4) is 0 Å². The van der Waals surface area contributed by atoms with Crippen LogP contribution in [-0.2, 0) is 9.59 Å². The molecule has 0 N–H and O–H groups in total. The van der Waals surface area contributed by atoms with Gasteiger partial charge in [-0.25, -0.2) is 0 Å². The Morgan fingerprint density at radius 1 is 0.786 bits per heavy atom. The maximum absolute atomic E-state index is 11.7. The van der Waals surface area contributed by atoms with E-state index in [0.29, 0.717) is 0 Å². The summed E-state index contributed by atoms with van der Waals surface area (Å²) in [6.45, 7) is 3.61. The summed E-state index contributed by atoms with van der Waals surface area (Å²) in [5, 5.41) is 0. The van der Waals surface area contributed by atoms with E-state index in [2.05, 4.69) is 0 Å². The second-order valence-electron chi connectivity index (χ2n) is 4.44. The van der Waals surface area contributed by atoms with Crippen LogP contribution >= 0.6 is 0 Å². The van der Waals surface area contributed by atoms with Gasteiger partial charge in [0.1, 0.15) is 0 Å². The maximum atomic E-state index is 11.7. The zero-order valence-electron chi connectivity index (χ0n) is 8.11. The van der Waals surface area contributed by atoms with Crippen molar-refractivity contribution in [1.29, 1.82) is 0 Å². The summed E-state index contributed by atoms with van der Waals surface area (Å²) in [5.74, 6) is 0.476. The highest BCUT2D eigenvalue weighted by Crippen LogP contribution is 2.39. The van der Waals surface area contributed by atoms with Gasteiger partial charge in [-0.3, -0.25) is 9.59 Å². The van der Waals surface area contributed by atoms with Crippen LogP contribution in [0.4, 0.5) is 0 Å². The zero-order chi connectivity index (χ0) is 9.71. The molecule has 76 valence electrons. The van der Waals surface area contributed by atoms with Gasteiger partial charge in [0.25, 0.3) is 0 Å². The summed E-state index contributed by atoms with van der Waals surface area (Å²) in [6, 6.07) is 0. The largest absolute Gasteiger partial charge is 0.339 e. The lowest BCUT2D eigenvalue weighted by atomic mass is 9.72. The molecule has 3 fully saturated rings. The molecular formula is C10H14N2O2. The Balaban J connectivity index is 1.63. The Morgan fingerprint density at radius 2 is 1.14 bits per heavy atom. The topological polar surface area (TPSA) is 40.2 Å². The van der Waals surface area contributed by atoms with E-state index in [1.54, 1.807) is 0 Å². The van der Waals surface area contributed by atoms with Gasteiger partial charge >= 0.3 is 0 Å². The van der Waals surface area contributed by atoms with Crippen LogP contribution in [0.1, 0.15) is 12.8 Å². The minimum atomic E-state index is 0.0191. The first-order valence-electron chi connectivity index (χ1n) is 5.35. The van der Waals surface area contributed by atoms with Crippen molar-refractivity contribution in [3.8, 4) is 0 Å². The standard InChI is InChI=1S/C10H14N2O2/c13-9(11-3-4-11)7-1-2-8(7)10(14)12-5-6-12/h7-8H,1-6H2. The zero-order valence-corrected chi connectivity index (χ0v) is 8.11. The van der Waals surface area contributed by atoms with Crippen molar-refractivity contribution >= 4 is 11.8 Å². The molecule has 14 heavy (non-hydrogen) atoms. The molecule has 0 bridgehead atoms. The lowest BCUT2D eigenvalue weighted by Crippen LogP contribution is -2.43. The molecule has 0 aromatic rings. The van der Waals surface area contributed by atoms with Gasteiger partial charge in [-0.15, -0.1) is 0 Å². The smallest absolute Gasteiger partial charge is 0.226 e. The van der Waals surface area contributed by atoms with Gasteiger partial charge in [0, 0.05) is 38.0 Å². The molecule has 2 amide bonds. The van der Waals surface area contributed by atoms with Crippen molar-refractivity contribution in [1.82, 2.24) is 9.80 Å². The molecular weight excluding hydrogens is 180 g/mol. The molecule has 2 saturated heterocycles. The number of hydrogen-bond acceptors (Lipinski definition) is 2. The third-order valence-corrected chi connectivity index (χ3v) is 3.43. The van der Waals surface area contributed by atoms with Gasteiger partial charge in [0.15, 0.2) is 0 Å². The summed E-state index contributed by atoms with van der Waals surface area (Å²) >= 11 is 0. The lowest BCUT2D eigenvalue weighted by Gasteiger charge is -2.34. The molecule has 4 nitrogen and oxygen atoms in total. The third kappa shape index (κ3) is 1.21. The summed E-state index contributed by atoms with van der Waals surface area (Å²) in [4.78, 5) is 27.1. The van der Waals surface area contributed by atoms with Crippen LogP contribution in [0.25, 0.3) is 0 Å². The van der Waals surface area contributed by atoms with Crippen LogP contribution in [0.5, 0.6) is 0 Å². The number of carbonyl (C=O) groups excluding carboxylic acids is 2. The van der Waals surface area contributed by atoms with Crippen LogP contribution < -0.4 is 0 Å². The molecule has 2 heterocycles. The highest BCUT2D eigenvalue weighted by Gasteiger charge is 2.47. The molecule has 3 rings (SSSR count). The highest BCUT2D eigenvalue weighted by atomic mass is 16.2. The van der Waals surface area contributed by atoms with E-state index in [9.17, 15) is 9.59 Å². The molecule has 3 aliphatic rings. The van der Waals surface area contributed by atoms with E-state index in [-0.39, 0.29) is 23.7 Å². The maximum Gasteiger partial charge on any atom is 0.226 e. The Labute approximate surface area is 82.8 Å². The fourth-order valence-corrected chi connectivity index (χ4v) is 2.10. The quantitative estimate of drug-likeness (QED) is 0.566. The van der Waals surface area contributed by atoms with Crippen molar-refractivity contribution in [3.05, 3.63) is 0 Å². The van der Waals surface area contributed by atoms with E-state index < -0.39 is 0 Å². The molecule has 0 spiro atoms. The predicted molar refractivity (Wildman–Crippen MR) is 49.4 cm³/mol. The number of amides is 2. The second kappa shape index (κ2) is 2.72. The number of hydrogen-bond donors (Lipinski definition) is 0. The van der Waals surface area contributed by atoms with Gasteiger partial charge in [-0.05, 0) is 12.8 Å².